The first-order valence-electron chi connectivity index (χ1n) is 4.05. The summed E-state index contributed by atoms with van der Waals surface area (Å²) < 4.78 is 8.16. The Bertz CT molecular complexity index is 524. The van der Waals surface area contributed by atoms with E-state index in [0.29, 0.717) is 11.1 Å². The minimum Gasteiger partial charge on any atom is -0.545 e. The molecule has 0 saturated heterocycles. The van der Waals surface area contributed by atoms with E-state index in [1.807, 2.05) is 6.92 Å². The number of carbonyl (C=O) groups excluding carboxylic acids is 1. The number of benzene rings is 1. The van der Waals surface area contributed by atoms with Crippen molar-refractivity contribution in [1.82, 2.24) is 8.75 Å². The monoisotopic (exact) mass is 340 g/mol. The van der Waals surface area contributed by atoms with Gasteiger partial charge in [-0.15, -0.1) is 0 Å². The first kappa shape index (κ1) is 13.6. The zero-order valence-electron chi connectivity index (χ0n) is 8.70. The van der Waals surface area contributed by atoms with E-state index in [1.165, 1.54) is 0 Å². The minimum absolute atomic E-state index is 0. The van der Waals surface area contributed by atoms with Crippen molar-refractivity contribution in [2.75, 3.05) is 0 Å². The number of hydrogen-bond acceptors (Lipinski definition) is 5. The summed E-state index contributed by atoms with van der Waals surface area (Å²) in [6.07, 6.45) is 0. The van der Waals surface area contributed by atoms with Crippen LogP contribution in [0.1, 0.15) is 21.5 Å². The average Bonchev–Trinajstić information content (AvgIpc) is 2.59. The van der Waals surface area contributed by atoms with Gasteiger partial charge in [-0.2, -0.15) is 8.75 Å². The molecule has 0 aliphatic rings. The molecule has 6 heteroatoms. The van der Waals surface area contributed by atoms with Crippen LogP contribution in [0.4, 0.5) is 0 Å². The number of hydrogen-bond donors (Lipinski definition) is 0. The molecule has 1 heterocycles. The van der Waals surface area contributed by atoms with Crippen molar-refractivity contribution >= 4 is 28.7 Å². The number of aryl methyl sites for hydroxylation is 2. The van der Waals surface area contributed by atoms with Gasteiger partial charge in [0.15, 0.2) is 0 Å². The molecular weight excluding hydrogens is 333 g/mol. The zero-order chi connectivity index (χ0) is 10.3. The fraction of sp³-hybridized carbons (Fsp3) is 0.222. The predicted molar refractivity (Wildman–Crippen MR) is 51.2 cm³/mol. The molecule has 0 unspecified atom stereocenters. The third-order valence-corrected chi connectivity index (χ3v) is 2.73. The van der Waals surface area contributed by atoms with Gasteiger partial charge in [0.25, 0.3) is 0 Å². The molecule has 0 saturated carbocycles. The van der Waals surface area contributed by atoms with Gasteiger partial charge >= 0.3 is 68.9 Å². The number of fused-ring (bicyclic) bond motifs is 1. The van der Waals surface area contributed by atoms with Crippen LogP contribution in [0.2, 0.25) is 0 Å². The van der Waals surface area contributed by atoms with E-state index in [4.69, 9.17) is 0 Å². The maximum Gasteiger partial charge on any atom is 1.00 e. The summed E-state index contributed by atoms with van der Waals surface area (Å²) in [4.78, 5) is 10.8. The number of rotatable bonds is 1. The molecule has 1 aromatic heterocycles. The number of nitrogens with zero attached hydrogens (tertiary/aromatic N) is 2. The summed E-state index contributed by atoms with van der Waals surface area (Å²) in [7, 11) is 0. The molecule has 0 amide bonds. The van der Waals surface area contributed by atoms with Crippen LogP contribution in [0.25, 0.3) is 11.0 Å². The zero-order valence-corrected chi connectivity index (χ0v) is 15.8. The van der Waals surface area contributed by atoms with Crippen LogP contribution in [0, 0.1) is 13.8 Å². The van der Waals surface area contributed by atoms with Gasteiger partial charge in [0.05, 0.1) is 17.7 Å². The minimum atomic E-state index is -1.17. The Morgan fingerprint density at radius 2 is 1.93 bits per heavy atom. The average molecular weight is 340 g/mol. The van der Waals surface area contributed by atoms with Crippen LogP contribution < -0.4 is 74.0 Å². The normalized spacial score (nSPS) is 10.0. The third kappa shape index (κ3) is 2.46. The molecule has 4 nitrogen and oxygen atoms in total. The van der Waals surface area contributed by atoms with Gasteiger partial charge in [-0.25, -0.2) is 0 Å². The second-order valence-electron chi connectivity index (χ2n) is 3.11. The van der Waals surface area contributed by atoms with Gasteiger partial charge < -0.3 is 9.90 Å². The van der Waals surface area contributed by atoms with E-state index in [1.54, 1.807) is 13.0 Å². The molecule has 72 valence electrons. The third-order valence-electron chi connectivity index (χ3n) is 2.20. The quantitative estimate of drug-likeness (QED) is 0.585. The summed E-state index contributed by atoms with van der Waals surface area (Å²) in [5, 5.41) is 10.8. The number of aromatic carboxylic acids is 1. The Balaban J connectivity index is 0.00000112. The molecule has 0 spiro atoms. The largest absolute Gasteiger partial charge is 1.00 e. The first-order valence-corrected chi connectivity index (χ1v) is 4.78. The van der Waals surface area contributed by atoms with Crippen LogP contribution in [0.3, 0.4) is 0 Å². The number of aromatic nitrogens is 2. The molecule has 0 bridgehead atoms. The van der Waals surface area contributed by atoms with Crippen LogP contribution in [0.5, 0.6) is 0 Å². The Hall–Kier alpha value is 0.562. The van der Waals surface area contributed by atoms with Gasteiger partial charge in [0, 0.05) is 5.56 Å². The van der Waals surface area contributed by atoms with Crippen molar-refractivity contribution in [3.63, 3.8) is 0 Å². The predicted octanol–water partition coefficient (Wildman–Crippen LogP) is -2.32. The van der Waals surface area contributed by atoms with Crippen molar-refractivity contribution in [2.45, 2.75) is 13.8 Å². The molecule has 0 fully saturated rings. The molecule has 0 aliphatic carbocycles. The standard InChI is InChI=1S/C9H8N2O2S.Cs/c1-4-3-6(9(12)13)5(2)8-7(4)10-14-11-8;/h3H,1-2H3,(H,12,13);/q;+1/p-1. The molecule has 2 aromatic rings. The van der Waals surface area contributed by atoms with Crippen LogP contribution in [-0.2, 0) is 0 Å². The van der Waals surface area contributed by atoms with E-state index in [9.17, 15) is 9.90 Å². The Labute approximate surface area is 150 Å². The second kappa shape index (κ2) is 5.26. The summed E-state index contributed by atoms with van der Waals surface area (Å²) in [6.45, 7) is 3.53. The van der Waals surface area contributed by atoms with Crippen molar-refractivity contribution in [3.8, 4) is 0 Å². The SMILES string of the molecule is Cc1cc(C(=O)[O-])c(C)c2nsnc12.[Cs+]. The molecular formula is C9H7CsN2O2S. The van der Waals surface area contributed by atoms with Crippen molar-refractivity contribution in [3.05, 3.63) is 22.8 Å². The second-order valence-corrected chi connectivity index (χ2v) is 3.64. The van der Waals surface area contributed by atoms with E-state index in [0.717, 1.165) is 22.8 Å². The molecule has 0 aliphatic heterocycles. The Morgan fingerprint density at radius 3 is 2.53 bits per heavy atom. The van der Waals surface area contributed by atoms with Gasteiger partial charge in [0.2, 0.25) is 0 Å². The number of carbonyl (C=O) groups is 1. The number of carboxylic acid groups (broad SMARTS) is 1. The summed E-state index contributed by atoms with van der Waals surface area (Å²) in [5.41, 5.74) is 3.08. The molecule has 0 N–H and O–H groups in total. The van der Waals surface area contributed by atoms with E-state index in [-0.39, 0.29) is 74.5 Å². The van der Waals surface area contributed by atoms with E-state index < -0.39 is 5.97 Å². The van der Waals surface area contributed by atoms with E-state index >= 15 is 0 Å². The first-order chi connectivity index (χ1) is 6.61. The smallest absolute Gasteiger partial charge is 0.545 e. The van der Waals surface area contributed by atoms with Gasteiger partial charge in [0.1, 0.15) is 11.0 Å². The van der Waals surface area contributed by atoms with Crippen molar-refractivity contribution < 1.29 is 78.8 Å². The Morgan fingerprint density at radius 1 is 1.33 bits per heavy atom. The maximum absolute atomic E-state index is 10.8. The van der Waals surface area contributed by atoms with E-state index in [2.05, 4.69) is 8.75 Å². The molecule has 2 rings (SSSR count). The van der Waals surface area contributed by atoms with Crippen molar-refractivity contribution in [2.24, 2.45) is 0 Å². The van der Waals surface area contributed by atoms with Crippen LogP contribution in [-0.4, -0.2) is 14.7 Å². The number of carboxylic acids is 1. The Kier molecular flexibility index (Phi) is 4.78. The van der Waals surface area contributed by atoms with Crippen molar-refractivity contribution in [1.29, 1.82) is 0 Å². The fourth-order valence-electron chi connectivity index (χ4n) is 1.43. The van der Waals surface area contributed by atoms with Gasteiger partial charge in [-0.1, -0.05) is 0 Å². The van der Waals surface area contributed by atoms with Gasteiger partial charge in [-0.3, -0.25) is 0 Å². The summed E-state index contributed by atoms with van der Waals surface area (Å²) in [6, 6.07) is 1.58. The molecule has 0 atom stereocenters. The molecule has 1 aromatic carbocycles. The summed E-state index contributed by atoms with van der Waals surface area (Å²) in [5.74, 6) is -1.17. The van der Waals surface area contributed by atoms with Gasteiger partial charge in [-0.05, 0) is 31.0 Å². The van der Waals surface area contributed by atoms with Crippen LogP contribution >= 0.6 is 11.7 Å². The summed E-state index contributed by atoms with van der Waals surface area (Å²) >= 11 is 1.09. The molecule has 0 radical (unpaired) electrons. The maximum atomic E-state index is 10.8. The topological polar surface area (TPSA) is 65.9 Å². The molecule has 15 heavy (non-hydrogen) atoms. The fourth-order valence-corrected chi connectivity index (χ4v) is 2.08. The van der Waals surface area contributed by atoms with Crippen LogP contribution in [0.15, 0.2) is 6.07 Å².